The number of anilines is 1. The largest absolute Gasteiger partial charge is 0.497 e. The van der Waals surface area contributed by atoms with Gasteiger partial charge in [0, 0.05) is 6.04 Å². The molecule has 0 spiro atoms. The maximum atomic E-state index is 13.3. The number of hydrogen-bond donors (Lipinski definition) is 1. The molecule has 0 atom stereocenters. The molecule has 8 heteroatoms. The summed E-state index contributed by atoms with van der Waals surface area (Å²) in [5.74, 6) is 0.260. The van der Waals surface area contributed by atoms with E-state index in [2.05, 4.69) is 17.3 Å². The highest BCUT2D eigenvalue weighted by atomic mass is 32.2. The average Bonchev–Trinajstić information content (AvgIpc) is 2.74. The molecule has 29 heavy (non-hydrogen) atoms. The van der Waals surface area contributed by atoms with Gasteiger partial charge in [0.05, 0.1) is 17.7 Å². The molecular weight excluding hydrogens is 390 g/mol. The van der Waals surface area contributed by atoms with Gasteiger partial charge in [-0.1, -0.05) is 18.2 Å². The van der Waals surface area contributed by atoms with E-state index in [9.17, 15) is 13.2 Å². The van der Waals surface area contributed by atoms with Crippen molar-refractivity contribution >= 4 is 21.6 Å². The first kappa shape index (κ1) is 21.1. The quantitative estimate of drug-likeness (QED) is 0.746. The predicted molar refractivity (Wildman–Crippen MR) is 113 cm³/mol. The van der Waals surface area contributed by atoms with E-state index in [0.717, 1.165) is 30.2 Å². The van der Waals surface area contributed by atoms with Gasteiger partial charge in [-0.05, 0) is 69.4 Å². The van der Waals surface area contributed by atoms with E-state index < -0.39 is 10.0 Å². The number of nitrogens with one attached hydrogen (secondary N) is 1. The Morgan fingerprint density at radius 1 is 1.10 bits per heavy atom. The standard InChI is InChI=1S/C21H27N3O4S/c1-23-14-12-17(13-15-23)22-21(25)16-24(18-6-4-3-5-7-18)29(26,27)20-10-8-19(28-2)9-11-20/h3-11,17H,12-16H2,1-2H3,(H,22,25). The number of sulfonamides is 1. The summed E-state index contributed by atoms with van der Waals surface area (Å²) in [6.45, 7) is 1.56. The first-order valence-corrected chi connectivity index (χ1v) is 11.0. The van der Waals surface area contributed by atoms with E-state index in [-0.39, 0.29) is 23.4 Å². The van der Waals surface area contributed by atoms with Crippen LogP contribution in [0.25, 0.3) is 0 Å². The molecular formula is C21H27N3O4S. The maximum Gasteiger partial charge on any atom is 0.264 e. The minimum Gasteiger partial charge on any atom is -0.497 e. The SMILES string of the molecule is COc1ccc(S(=O)(=O)N(CC(=O)NC2CCN(C)CC2)c2ccccc2)cc1. The van der Waals surface area contributed by atoms with Gasteiger partial charge in [-0.3, -0.25) is 9.10 Å². The Morgan fingerprint density at radius 2 is 1.72 bits per heavy atom. The summed E-state index contributed by atoms with van der Waals surface area (Å²) in [5.41, 5.74) is 0.446. The number of para-hydroxylation sites is 1. The molecule has 0 aliphatic carbocycles. The molecule has 2 aromatic rings. The summed E-state index contributed by atoms with van der Waals surface area (Å²) in [6, 6.07) is 14.9. The molecule has 1 heterocycles. The van der Waals surface area contributed by atoms with E-state index in [0.29, 0.717) is 11.4 Å². The number of piperidine rings is 1. The van der Waals surface area contributed by atoms with E-state index in [1.165, 1.54) is 19.2 Å². The number of benzene rings is 2. The average molecular weight is 418 g/mol. The summed E-state index contributed by atoms with van der Waals surface area (Å²) < 4.78 is 32.9. The third-order valence-electron chi connectivity index (χ3n) is 5.06. The number of carbonyl (C=O) groups excluding carboxylic acids is 1. The number of carbonyl (C=O) groups is 1. The van der Waals surface area contributed by atoms with Crippen molar-refractivity contribution in [2.24, 2.45) is 0 Å². The lowest BCUT2D eigenvalue weighted by molar-refractivity contribution is -0.120. The second-order valence-electron chi connectivity index (χ2n) is 7.17. The normalized spacial score (nSPS) is 15.7. The van der Waals surface area contributed by atoms with Gasteiger partial charge >= 0.3 is 0 Å². The van der Waals surface area contributed by atoms with Crippen LogP contribution < -0.4 is 14.4 Å². The van der Waals surface area contributed by atoms with Gasteiger partial charge in [0.1, 0.15) is 12.3 Å². The maximum absolute atomic E-state index is 13.3. The summed E-state index contributed by atoms with van der Waals surface area (Å²) in [5, 5.41) is 2.99. The molecule has 7 nitrogen and oxygen atoms in total. The molecule has 2 aromatic carbocycles. The minimum atomic E-state index is -3.92. The Hall–Kier alpha value is -2.58. The number of rotatable bonds is 7. The van der Waals surface area contributed by atoms with Gasteiger partial charge in [0.25, 0.3) is 10.0 Å². The zero-order valence-corrected chi connectivity index (χ0v) is 17.6. The number of methoxy groups -OCH3 is 1. The molecule has 0 unspecified atom stereocenters. The Kier molecular flexibility index (Phi) is 6.76. The Morgan fingerprint density at radius 3 is 2.31 bits per heavy atom. The van der Waals surface area contributed by atoms with Crippen molar-refractivity contribution in [3.8, 4) is 5.75 Å². The van der Waals surface area contributed by atoms with Crippen molar-refractivity contribution in [1.29, 1.82) is 0 Å². The molecule has 1 aliphatic heterocycles. The fourth-order valence-electron chi connectivity index (χ4n) is 3.34. The third kappa shape index (κ3) is 5.27. The first-order valence-electron chi connectivity index (χ1n) is 9.60. The van der Waals surface area contributed by atoms with Crippen LogP contribution in [0.3, 0.4) is 0 Å². The molecule has 0 saturated carbocycles. The number of likely N-dealkylation sites (tertiary alicyclic amines) is 1. The van der Waals surface area contributed by atoms with Crippen molar-refractivity contribution in [3.05, 3.63) is 54.6 Å². The van der Waals surface area contributed by atoms with Gasteiger partial charge in [-0.2, -0.15) is 0 Å². The van der Waals surface area contributed by atoms with Gasteiger partial charge in [-0.25, -0.2) is 8.42 Å². The lowest BCUT2D eigenvalue weighted by atomic mass is 10.1. The summed E-state index contributed by atoms with van der Waals surface area (Å²) in [4.78, 5) is 15.0. The van der Waals surface area contributed by atoms with Crippen molar-refractivity contribution in [3.63, 3.8) is 0 Å². The molecule has 1 amide bonds. The summed E-state index contributed by atoms with van der Waals surface area (Å²) >= 11 is 0. The van der Waals surface area contributed by atoms with E-state index in [1.807, 2.05) is 0 Å². The Balaban J connectivity index is 1.82. The van der Waals surface area contributed by atoms with Crippen LogP contribution in [0.4, 0.5) is 5.69 Å². The fraction of sp³-hybridized carbons (Fsp3) is 0.381. The number of hydrogen-bond acceptors (Lipinski definition) is 5. The van der Waals surface area contributed by atoms with Gasteiger partial charge in [-0.15, -0.1) is 0 Å². The highest BCUT2D eigenvalue weighted by Crippen LogP contribution is 2.25. The molecule has 3 rings (SSSR count). The molecule has 0 radical (unpaired) electrons. The third-order valence-corrected chi connectivity index (χ3v) is 6.85. The van der Waals surface area contributed by atoms with E-state index in [4.69, 9.17) is 4.74 Å². The van der Waals surface area contributed by atoms with Crippen molar-refractivity contribution in [2.75, 3.05) is 38.1 Å². The van der Waals surface area contributed by atoms with E-state index >= 15 is 0 Å². The van der Waals surface area contributed by atoms with Crippen LogP contribution >= 0.6 is 0 Å². The molecule has 1 aliphatic rings. The number of nitrogens with zero attached hydrogens (tertiary/aromatic N) is 2. The second kappa shape index (κ2) is 9.28. The number of amides is 1. The Labute approximate surface area is 172 Å². The zero-order valence-electron chi connectivity index (χ0n) is 16.7. The fourth-order valence-corrected chi connectivity index (χ4v) is 4.76. The van der Waals surface area contributed by atoms with Crippen LogP contribution in [0.1, 0.15) is 12.8 Å². The molecule has 0 aromatic heterocycles. The second-order valence-corrected chi connectivity index (χ2v) is 9.03. The zero-order chi connectivity index (χ0) is 20.9. The summed E-state index contributed by atoms with van der Waals surface area (Å²) in [7, 11) is -0.342. The Bertz CT molecular complexity index is 909. The highest BCUT2D eigenvalue weighted by molar-refractivity contribution is 7.92. The van der Waals surface area contributed by atoms with Crippen molar-refractivity contribution in [1.82, 2.24) is 10.2 Å². The van der Waals surface area contributed by atoms with Crippen LogP contribution in [-0.2, 0) is 14.8 Å². The van der Waals surface area contributed by atoms with Gasteiger partial charge in [0.2, 0.25) is 5.91 Å². The molecule has 1 fully saturated rings. The van der Waals surface area contributed by atoms with E-state index in [1.54, 1.807) is 42.5 Å². The minimum absolute atomic E-state index is 0.0695. The first-order chi connectivity index (χ1) is 13.9. The van der Waals surface area contributed by atoms with Crippen LogP contribution in [0, 0.1) is 0 Å². The molecule has 1 saturated heterocycles. The smallest absolute Gasteiger partial charge is 0.264 e. The van der Waals surface area contributed by atoms with Gasteiger partial charge in [0.15, 0.2) is 0 Å². The van der Waals surface area contributed by atoms with Crippen LogP contribution in [-0.4, -0.2) is 59.1 Å². The lowest BCUT2D eigenvalue weighted by Crippen LogP contribution is -2.47. The summed E-state index contributed by atoms with van der Waals surface area (Å²) in [6.07, 6.45) is 1.72. The van der Waals surface area contributed by atoms with Crippen molar-refractivity contribution in [2.45, 2.75) is 23.8 Å². The molecule has 1 N–H and O–H groups in total. The molecule has 156 valence electrons. The molecule has 0 bridgehead atoms. The van der Waals surface area contributed by atoms with Crippen LogP contribution in [0.2, 0.25) is 0 Å². The lowest BCUT2D eigenvalue weighted by Gasteiger charge is -2.30. The number of ether oxygens (including phenoxy) is 1. The topological polar surface area (TPSA) is 79.0 Å². The van der Waals surface area contributed by atoms with Crippen molar-refractivity contribution < 1.29 is 17.9 Å². The predicted octanol–water partition coefficient (Wildman–Crippen LogP) is 2.10. The van der Waals surface area contributed by atoms with Gasteiger partial charge < -0.3 is 15.0 Å². The highest BCUT2D eigenvalue weighted by Gasteiger charge is 2.28. The van der Waals surface area contributed by atoms with Crippen LogP contribution in [0.15, 0.2) is 59.5 Å². The monoisotopic (exact) mass is 417 g/mol. The van der Waals surface area contributed by atoms with Crippen LogP contribution in [0.5, 0.6) is 5.75 Å².